The van der Waals surface area contributed by atoms with Crippen molar-refractivity contribution in [1.82, 2.24) is 20.0 Å². The Kier molecular flexibility index (Phi) is 7.64. The maximum absolute atomic E-state index is 13.2. The van der Waals surface area contributed by atoms with Crippen molar-refractivity contribution in [3.63, 3.8) is 0 Å². The number of ether oxygens (including phenoxy) is 2. The fourth-order valence-electron chi connectivity index (χ4n) is 4.77. The highest BCUT2D eigenvalue weighted by molar-refractivity contribution is 5.95. The second-order valence-corrected chi connectivity index (χ2v) is 8.82. The number of furan rings is 1. The van der Waals surface area contributed by atoms with Crippen molar-refractivity contribution >= 4 is 17.9 Å². The van der Waals surface area contributed by atoms with Crippen molar-refractivity contribution < 1.29 is 28.3 Å². The predicted molar refractivity (Wildman–Crippen MR) is 131 cm³/mol. The Bertz CT molecular complexity index is 1150. The molecule has 2 atom stereocenters. The van der Waals surface area contributed by atoms with Gasteiger partial charge in [-0.2, -0.15) is 0 Å². The summed E-state index contributed by atoms with van der Waals surface area (Å²) in [5, 5.41) is 2.93. The van der Waals surface area contributed by atoms with Crippen LogP contribution in [-0.4, -0.2) is 85.6 Å². The van der Waals surface area contributed by atoms with Crippen LogP contribution >= 0.6 is 0 Å². The van der Waals surface area contributed by atoms with Crippen molar-refractivity contribution in [2.45, 2.75) is 25.9 Å². The van der Waals surface area contributed by atoms with Crippen LogP contribution in [0, 0.1) is 0 Å². The number of benzene rings is 1. The molecule has 0 unspecified atom stereocenters. The molecule has 2 aliphatic rings. The number of carbonyl (C=O) groups is 3. The van der Waals surface area contributed by atoms with Crippen molar-refractivity contribution in [2.75, 3.05) is 46.9 Å². The Morgan fingerprint density at radius 3 is 2.61 bits per heavy atom. The summed E-state index contributed by atoms with van der Waals surface area (Å²) < 4.78 is 16.2. The predicted octanol–water partition coefficient (Wildman–Crippen LogP) is 2.65. The van der Waals surface area contributed by atoms with E-state index in [0.717, 1.165) is 0 Å². The second kappa shape index (κ2) is 10.9. The van der Waals surface area contributed by atoms with E-state index in [2.05, 4.69) is 10.2 Å². The molecule has 192 valence electrons. The molecule has 0 bridgehead atoms. The third-order valence-corrected chi connectivity index (χ3v) is 6.60. The number of esters is 1. The van der Waals surface area contributed by atoms with Crippen molar-refractivity contribution in [1.29, 1.82) is 0 Å². The zero-order chi connectivity index (χ0) is 25.8. The van der Waals surface area contributed by atoms with Crippen LogP contribution in [0.2, 0.25) is 0 Å². The molecule has 2 aliphatic heterocycles. The lowest BCUT2D eigenvalue weighted by molar-refractivity contribution is -0.139. The molecule has 0 aliphatic carbocycles. The van der Waals surface area contributed by atoms with E-state index in [4.69, 9.17) is 13.9 Å². The molecule has 10 nitrogen and oxygen atoms in total. The van der Waals surface area contributed by atoms with Gasteiger partial charge in [-0.15, -0.1) is 0 Å². The van der Waals surface area contributed by atoms with Crippen molar-refractivity contribution in [3.05, 3.63) is 65.3 Å². The topological polar surface area (TPSA) is 105 Å². The van der Waals surface area contributed by atoms with Gasteiger partial charge >= 0.3 is 12.0 Å². The van der Waals surface area contributed by atoms with Crippen LogP contribution in [0.15, 0.2) is 58.3 Å². The van der Waals surface area contributed by atoms with Gasteiger partial charge in [-0.3, -0.25) is 14.6 Å². The molecule has 3 heterocycles. The summed E-state index contributed by atoms with van der Waals surface area (Å²) in [7, 11) is 3.19. The second-order valence-electron chi connectivity index (χ2n) is 8.82. The first-order valence-electron chi connectivity index (χ1n) is 12.0. The molecule has 36 heavy (non-hydrogen) atoms. The molecular weight excluding hydrogens is 464 g/mol. The van der Waals surface area contributed by atoms with E-state index in [1.807, 2.05) is 25.1 Å². The van der Waals surface area contributed by atoms with Gasteiger partial charge < -0.3 is 24.1 Å². The summed E-state index contributed by atoms with van der Waals surface area (Å²) in [6, 6.07) is 9.50. The Labute approximate surface area is 210 Å². The van der Waals surface area contributed by atoms with Gasteiger partial charge in [-0.05, 0) is 32.0 Å². The van der Waals surface area contributed by atoms with Gasteiger partial charge in [0.1, 0.15) is 5.75 Å². The van der Waals surface area contributed by atoms with E-state index in [0.29, 0.717) is 54.5 Å². The summed E-state index contributed by atoms with van der Waals surface area (Å²) in [5.74, 6) is 0.233. The minimum atomic E-state index is -0.724. The quantitative estimate of drug-likeness (QED) is 0.588. The van der Waals surface area contributed by atoms with Gasteiger partial charge in [0.2, 0.25) is 0 Å². The molecule has 2 aromatic rings. The van der Waals surface area contributed by atoms with E-state index in [1.165, 1.54) is 11.2 Å². The summed E-state index contributed by atoms with van der Waals surface area (Å²) in [6.45, 7) is 5.91. The lowest BCUT2D eigenvalue weighted by atomic mass is 9.93. The first-order chi connectivity index (χ1) is 17.3. The lowest BCUT2D eigenvalue weighted by Crippen LogP contribution is -2.56. The van der Waals surface area contributed by atoms with Gasteiger partial charge in [0.05, 0.1) is 31.6 Å². The van der Waals surface area contributed by atoms with Crippen LogP contribution in [0.1, 0.15) is 36.0 Å². The van der Waals surface area contributed by atoms with Crippen LogP contribution in [0.4, 0.5) is 4.79 Å². The zero-order valence-corrected chi connectivity index (χ0v) is 21.0. The van der Waals surface area contributed by atoms with Crippen molar-refractivity contribution in [2.24, 2.45) is 0 Å². The number of methoxy groups -OCH3 is 1. The minimum absolute atomic E-state index is 0.0873. The van der Waals surface area contributed by atoms with E-state index in [1.54, 1.807) is 44.2 Å². The number of amides is 3. The number of piperazine rings is 1. The van der Waals surface area contributed by atoms with E-state index in [-0.39, 0.29) is 24.6 Å². The van der Waals surface area contributed by atoms with Gasteiger partial charge in [-0.1, -0.05) is 18.2 Å². The average Bonchev–Trinajstić information content (AvgIpc) is 3.41. The monoisotopic (exact) mass is 496 g/mol. The highest BCUT2D eigenvalue weighted by Gasteiger charge is 2.39. The summed E-state index contributed by atoms with van der Waals surface area (Å²) in [5.41, 5.74) is 1.60. The molecule has 1 aromatic heterocycles. The number of para-hydroxylation sites is 1. The van der Waals surface area contributed by atoms with Crippen molar-refractivity contribution in [3.8, 4) is 5.75 Å². The number of nitrogens with one attached hydrogen (secondary N) is 1. The Balaban J connectivity index is 1.64. The first-order valence-corrected chi connectivity index (χ1v) is 12.0. The molecular formula is C26H32N4O6. The molecule has 1 N–H and O–H groups in total. The number of carbonyl (C=O) groups excluding carboxylic acids is 3. The third-order valence-electron chi connectivity index (χ3n) is 6.60. The average molecular weight is 497 g/mol. The fourth-order valence-corrected chi connectivity index (χ4v) is 4.77. The first kappa shape index (κ1) is 25.3. The van der Waals surface area contributed by atoms with Gasteiger partial charge in [0, 0.05) is 50.5 Å². The highest BCUT2D eigenvalue weighted by Crippen LogP contribution is 2.36. The number of hydrogen-bond donors (Lipinski definition) is 1. The zero-order valence-electron chi connectivity index (χ0n) is 21.0. The molecule has 0 radical (unpaired) electrons. The van der Waals surface area contributed by atoms with Crippen LogP contribution in [0.5, 0.6) is 5.75 Å². The number of likely N-dealkylation sites (N-methyl/N-ethyl adjacent to an activating group) is 1. The van der Waals surface area contributed by atoms with Gasteiger partial charge in [0.15, 0.2) is 5.76 Å². The fraction of sp³-hybridized carbons (Fsp3) is 0.423. The highest BCUT2D eigenvalue weighted by atomic mass is 16.5. The number of rotatable bonds is 7. The Morgan fingerprint density at radius 1 is 1.17 bits per heavy atom. The number of urea groups is 1. The standard InChI is InChI=1S/C26H32N4O6/c1-5-35-25(32)22-19(28(3)26(33)27-23(22)18-9-6-7-10-20(18)34-4)16-29-12-13-30(17(2)15-29)24(31)21-11-8-14-36-21/h6-11,14,17,23H,5,12-13,15-16H2,1-4H3,(H,27,33)/t17-,23+/m0/s1. The van der Waals surface area contributed by atoms with E-state index < -0.39 is 12.0 Å². The summed E-state index contributed by atoms with van der Waals surface area (Å²) in [4.78, 5) is 44.4. The lowest BCUT2D eigenvalue weighted by Gasteiger charge is -2.42. The SMILES string of the molecule is CCOC(=O)C1=C(CN2CCN(C(=O)c3ccco3)[C@@H](C)C2)N(C)C(=O)N[C@@H]1c1ccccc1OC. The molecule has 1 aromatic carbocycles. The smallest absolute Gasteiger partial charge is 0.338 e. The van der Waals surface area contributed by atoms with E-state index >= 15 is 0 Å². The summed E-state index contributed by atoms with van der Waals surface area (Å²) in [6.07, 6.45) is 1.49. The van der Waals surface area contributed by atoms with Crippen LogP contribution in [-0.2, 0) is 9.53 Å². The molecule has 3 amide bonds. The Hall–Kier alpha value is -3.79. The number of nitrogens with zero attached hydrogens (tertiary/aromatic N) is 3. The molecule has 10 heteroatoms. The third kappa shape index (κ3) is 4.94. The molecule has 0 spiro atoms. The number of hydrogen-bond acceptors (Lipinski definition) is 7. The molecule has 1 fully saturated rings. The maximum Gasteiger partial charge on any atom is 0.338 e. The summed E-state index contributed by atoms with van der Waals surface area (Å²) >= 11 is 0. The minimum Gasteiger partial charge on any atom is -0.496 e. The van der Waals surface area contributed by atoms with Gasteiger partial charge in [-0.25, -0.2) is 9.59 Å². The van der Waals surface area contributed by atoms with Gasteiger partial charge in [0.25, 0.3) is 5.91 Å². The molecule has 0 saturated carbocycles. The van der Waals surface area contributed by atoms with Crippen LogP contribution in [0.25, 0.3) is 0 Å². The Morgan fingerprint density at radius 2 is 1.94 bits per heavy atom. The molecule has 1 saturated heterocycles. The maximum atomic E-state index is 13.2. The normalized spacial score (nSPS) is 20.8. The largest absolute Gasteiger partial charge is 0.496 e. The molecule has 4 rings (SSSR count). The van der Waals surface area contributed by atoms with E-state index in [9.17, 15) is 14.4 Å². The van der Waals surface area contributed by atoms with Crippen LogP contribution < -0.4 is 10.1 Å². The van der Waals surface area contributed by atoms with Crippen LogP contribution in [0.3, 0.4) is 0 Å².